The van der Waals surface area contributed by atoms with Crippen molar-refractivity contribution in [3.63, 3.8) is 0 Å². The van der Waals surface area contributed by atoms with E-state index in [1.165, 1.54) is 11.6 Å². The lowest BCUT2D eigenvalue weighted by atomic mass is 9.73. The van der Waals surface area contributed by atoms with Crippen molar-refractivity contribution in [3.05, 3.63) is 77.3 Å². The number of nitrogens with zero attached hydrogens (tertiary/aromatic N) is 1. The van der Waals surface area contributed by atoms with E-state index in [9.17, 15) is 4.39 Å². The number of anilines is 1. The first-order valence-electron chi connectivity index (χ1n) is 14.2. The molecule has 0 heterocycles. The van der Waals surface area contributed by atoms with Gasteiger partial charge in [0.05, 0.1) is 17.8 Å². The van der Waals surface area contributed by atoms with Crippen LogP contribution in [0.3, 0.4) is 0 Å². The zero-order chi connectivity index (χ0) is 29.6. The fourth-order valence-corrected chi connectivity index (χ4v) is 5.78. The zero-order valence-corrected chi connectivity index (χ0v) is 25.7. The largest absolute Gasteiger partial charge is 0.396 e. The Morgan fingerprint density at radius 3 is 2.36 bits per heavy atom. The smallest absolute Gasteiger partial charge is 0.182 e. The number of rotatable bonds is 13. The van der Waals surface area contributed by atoms with E-state index in [1.807, 2.05) is 37.9 Å². The number of likely N-dealkylation sites (N-methyl/N-ethyl adjacent to an activating group) is 2. The minimum atomic E-state index is -1.67. The Balaban J connectivity index is 2.26. The molecule has 2 rings (SSSR count). The molecule has 1 aromatic carbocycles. The van der Waals surface area contributed by atoms with Crippen LogP contribution < -0.4 is 16.4 Å². The molecule has 0 aliphatic heterocycles. The molecular formula is C33H52F2N4. The van der Waals surface area contributed by atoms with Gasteiger partial charge < -0.3 is 16.4 Å². The predicted octanol–water partition coefficient (Wildman–Crippen LogP) is 7.31. The van der Waals surface area contributed by atoms with Crippen LogP contribution in [0, 0.1) is 16.6 Å². The summed E-state index contributed by atoms with van der Waals surface area (Å²) in [5.41, 5.74) is 9.06. The Bertz CT molecular complexity index is 1080. The van der Waals surface area contributed by atoms with Crippen LogP contribution in [0.15, 0.2) is 65.9 Å². The van der Waals surface area contributed by atoms with Gasteiger partial charge in [-0.15, -0.1) is 0 Å². The number of halogens is 2. The number of nitrogens with one attached hydrogen (secondary N) is 2. The average Bonchev–Trinajstić information content (AvgIpc) is 2.85. The molecule has 0 radical (unpaired) electrons. The van der Waals surface area contributed by atoms with Crippen LogP contribution in [0.4, 0.5) is 14.5 Å². The van der Waals surface area contributed by atoms with Gasteiger partial charge in [-0.2, -0.15) is 0 Å². The number of hydrogen-bond acceptors (Lipinski definition) is 4. The van der Waals surface area contributed by atoms with E-state index in [2.05, 4.69) is 70.1 Å². The summed E-state index contributed by atoms with van der Waals surface area (Å²) in [6.45, 7) is 21.6. The molecule has 0 saturated heterocycles. The predicted molar refractivity (Wildman–Crippen MR) is 164 cm³/mol. The van der Waals surface area contributed by atoms with E-state index in [0.29, 0.717) is 19.5 Å². The maximum Gasteiger partial charge on any atom is 0.182 e. The van der Waals surface area contributed by atoms with E-state index in [0.717, 1.165) is 29.7 Å². The highest BCUT2D eigenvalue weighted by Gasteiger charge is 2.47. The van der Waals surface area contributed by atoms with Gasteiger partial charge in [-0.05, 0) is 75.4 Å². The van der Waals surface area contributed by atoms with Crippen molar-refractivity contribution < 1.29 is 8.78 Å². The number of benzene rings is 1. The Labute approximate surface area is 236 Å². The Morgan fingerprint density at radius 2 is 1.85 bits per heavy atom. The van der Waals surface area contributed by atoms with Crippen LogP contribution in [-0.4, -0.2) is 42.9 Å². The second-order valence-electron chi connectivity index (χ2n) is 12.7. The lowest BCUT2D eigenvalue weighted by Gasteiger charge is -2.48. The number of alkyl halides is 1. The lowest BCUT2D eigenvalue weighted by molar-refractivity contribution is -0.0684. The van der Waals surface area contributed by atoms with Gasteiger partial charge in [0.1, 0.15) is 5.82 Å². The topological polar surface area (TPSA) is 53.3 Å². The number of hydrogen-bond donors (Lipinski definition) is 3. The van der Waals surface area contributed by atoms with Crippen LogP contribution in [0.2, 0.25) is 0 Å². The number of nitrogen functional groups attached to an aromatic ring is 1. The van der Waals surface area contributed by atoms with Crippen molar-refractivity contribution >= 4 is 5.69 Å². The molecule has 0 spiro atoms. The molecule has 4 nitrogen and oxygen atoms in total. The van der Waals surface area contributed by atoms with Crippen LogP contribution >= 0.6 is 0 Å². The summed E-state index contributed by atoms with van der Waals surface area (Å²) in [7, 11) is 1.94. The first kappa shape index (κ1) is 32.8. The van der Waals surface area contributed by atoms with Gasteiger partial charge in [0.25, 0.3) is 0 Å². The van der Waals surface area contributed by atoms with Crippen molar-refractivity contribution in [2.45, 2.75) is 92.5 Å². The molecule has 1 aliphatic carbocycles. The van der Waals surface area contributed by atoms with E-state index in [-0.39, 0.29) is 17.1 Å². The van der Waals surface area contributed by atoms with Crippen LogP contribution in [0.5, 0.6) is 0 Å². The van der Waals surface area contributed by atoms with Crippen molar-refractivity contribution in [2.24, 2.45) is 10.8 Å². The van der Waals surface area contributed by atoms with Crippen LogP contribution in [-0.2, 0) is 6.42 Å². The highest BCUT2D eigenvalue weighted by molar-refractivity contribution is 5.42. The Kier molecular flexibility index (Phi) is 11.2. The molecule has 218 valence electrons. The minimum Gasteiger partial charge on any atom is -0.396 e. The van der Waals surface area contributed by atoms with Gasteiger partial charge in [-0.3, -0.25) is 4.90 Å². The first-order valence-corrected chi connectivity index (χ1v) is 14.2. The van der Waals surface area contributed by atoms with Crippen molar-refractivity contribution in [2.75, 3.05) is 25.9 Å². The molecule has 3 unspecified atom stereocenters. The summed E-state index contributed by atoms with van der Waals surface area (Å²) in [5, 5.41) is 6.99. The molecular weight excluding hydrogens is 490 g/mol. The van der Waals surface area contributed by atoms with Crippen LogP contribution in [0.25, 0.3) is 0 Å². The van der Waals surface area contributed by atoms with Gasteiger partial charge in [0.15, 0.2) is 5.79 Å². The maximum atomic E-state index is 17.0. The Hall–Kier alpha value is -2.44. The molecule has 1 aromatic rings. The van der Waals surface area contributed by atoms with E-state index < -0.39 is 23.1 Å². The lowest BCUT2D eigenvalue weighted by Crippen LogP contribution is -2.63. The van der Waals surface area contributed by atoms with Gasteiger partial charge in [0, 0.05) is 17.7 Å². The summed E-state index contributed by atoms with van der Waals surface area (Å²) in [4.78, 5) is 1.85. The van der Waals surface area contributed by atoms with Crippen LogP contribution in [0.1, 0.15) is 73.8 Å². The number of nitrogens with two attached hydrogens (primary N) is 1. The minimum absolute atomic E-state index is 0.0929. The second kappa shape index (κ2) is 13.3. The van der Waals surface area contributed by atoms with E-state index in [1.54, 1.807) is 13.0 Å². The molecule has 0 amide bonds. The molecule has 0 aromatic heterocycles. The molecule has 0 fully saturated rings. The molecule has 0 bridgehead atoms. The standard InChI is InChI=1S/C33H52F2N4/c1-11-39(20-19-23(2)21-25-17-18-28(36)27(34)22-25)33(9,35)30(31(4,5)6)38-24(3)29(37-10)32(7,8)26-15-13-12-14-16-26/h13,15-19,22,29-30,37-38H,3,11-12,14,20-21,36H2,1-2,4-10H3/b23-19+. The van der Waals surface area contributed by atoms with Crippen molar-refractivity contribution in [3.8, 4) is 0 Å². The zero-order valence-electron chi connectivity index (χ0n) is 25.7. The quantitative estimate of drug-likeness (QED) is 0.139. The summed E-state index contributed by atoms with van der Waals surface area (Å²) in [6, 6.07) is 4.26. The van der Waals surface area contributed by atoms with Gasteiger partial charge in [-0.1, -0.05) is 84.1 Å². The third kappa shape index (κ3) is 8.28. The highest BCUT2D eigenvalue weighted by atomic mass is 19.1. The molecule has 1 aliphatic rings. The van der Waals surface area contributed by atoms with E-state index >= 15 is 4.39 Å². The van der Waals surface area contributed by atoms with Crippen molar-refractivity contribution in [1.82, 2.24) is 15.5 Å². The van der Waals surface area contributed by atoms with Gasteiger partial charge in [-0.25, -0.2) is 8.78 Å². The molecule has 0 saturated carbocycles. The summed E-state index contributed by atoms with van der Waals surface area (Å²) >= 11 is 0. The fraction of sp³-hybridized carbons (Fsp3) is 0.576. The average molecular weight is 543 g/mol. The van der Waals surface area contributed by atoms with Gasteiger partial charge in [0.2, 0.25) is 0 Å². The normalized spacial score (nSPS) is 17.9. The molecule has 39 heavy (non-hydrogen) atoms. The number of allylic oxidation sites excluding steroid dienone is 4. The molecule has 4 N–H and O–H groups in total. The summed E-state index contributed by atoms with van der Waals surface area (Å²) in [6.07, 6.45) is 11.4. The molecule has 6 heteroatoms. The summed E-state index contributed by atoms with van der Waals surface area (Å²) in [5.74, 6) is -2.09. The van der Waals surface area contributed by atoms with Crippen molar-refractivity contribution in [1.29, 1.82) is 0 Å². The highest BCUT2D eigenvalue weighted by Crippen LogP contribution is 2.38. The molecule has 3 atom stereocenters. The summed E-state index contributed by atoms with van der Waals surface area (Å²) < 4.78 is 30.8. The third-order valence-corrected chi connectivity index (χ3v) is 8.03. The Morgan fingerprint density at radius 1 is 1.18 bits per heavy atom. The second-order valence-corrected chi connectivity index (χ2v) is 12.7. The monoisotopic (exact) mass is 542 g/mol. The maximum absolute atomic E-state index is 17.0. The first-order chi connectivity index (χ1) is 18.0. The SMILES string of the molecule is C=C(NC(C(C)(C)C)C(C)(F)N(CC)C/C=C(\C)Cc1ccc(N)c(F)c1)C(NC)C(C)(C)C1=CCCC=C1. The van der Waals surface area contributed by atoms with E-state index in [4.69, 9.17) is 5.73 Å². The third-order valence-electron chi connectivity index (χ3n) is 8.03. The van der Waals surface area contributed by atoms with Gasteiger partial charge >= 0.3 is 0 Å². The fourth-order valence-electron chi connectivity index (χ4n) is 5.78.